The zero-order valence-corrected chi connectivity index (χ0v) is 11.2. The van der Waals surface area contributed by atoms with Crippen LogP contribution in [0.3, 0.4) is 0 Å². The molecule has 1 aromatic rings. The third-order valence-electron chi connectivity index (χ3n) is 4.10. The topological polar surface area (TPSA) is 73.7 Å². The van der Waals surface area contributed by atoms with Gasteiger partial charge in [0.15, 0.2) is 0 Å². The van der Waals surface area contributed by atoms with Gasteiger partial charge < -0.3 is 10.0 Å². The molecule has 0 aromatic carbocycles. The number of piperazine rings is 1. The fraction of sp³-hybridized carbons (Fsp3) is 0.500. The van der Waals surface area contributed by atoms with Crippen molar-refractivity contribution in [2.75, 3.05) is 26.2 Å². The first kappa shape index (κ1) is 13.1. The van der Waals surface area contributed by atoms with E-state index in [1.165, 1.54) is 24.8 Å². The maximum absolute atomic E-state index is 12.4. The highest BCUT2D eigenvalue weighted by molar-refractivity contribution is 5.93. The van der Waals surface area contributed by atoms with Crippen LogP contribution in [0.1, 0.15) is 33.7 Å². The van der Waals surface area contributed by atoms with Gasteiger partial charge in [-0.2, -0.15) is 0 Å². The summed E-state index contributed by atoms with van der Waals surface area (Å²) in [6.07, 6.45) is 3.59. The van der Waals surface area contributed by atoms with E-state index in [9.17, 15) is 9.59 Å². The molecule has 2 fully saturated rings. The van der Waals surface area contributed by atoms with Crippen LogP contribution in [0.2, 0.25) is 0 Å². The third kappa shape index (κ3) is 2.38. The molecule has 20 heavy (non-hydrogen) atoms. The van der Waals surface area contributed by atoms with Gasteiger partial charge in [-0.05, 0) is 31.5 Å². The number of hydrogen-bond donors (Lipinski definition) is 1. The minimum Gasteiger partial charge on any atom is -0.478 e. The second-order valence-corrected chi connectivity index (χ2v) is 5.32. The fourth-order valence-electron chi connectivity index (χ4n) is 2.98. The van der Waals surface area contributed by atoms with E-state index < -0.39 is 5.97 Å². The summed E-state index contributed by atoms with van der Waals surface area (Å²) in [5, 5.41) is 8.82. The molecule has 6 heteroatoms. The summed E-state index contributed by atoms with van der Waals surface area (Å²) >= 11 is 0. The molecule has 3 rings (SSSR count). The van der Waals surface area contributed by atoms with Crippen LogP contribution < -0.4 is 0 Å². The second kappa shape index (κ2) is 5.20. The van der Waals surface area contributed by atoms with Gasteiger partial charge in [0.2, 0.25) is 0 Å². The van der Waals surface area contributed by atoms with E-state index in [1.807, 2.05) is 4.90 Å². The van der Waals surface area contributed by atoms with E-state index in [4.69, 9.17) is 5.11 Å². The Morgan fingerprint density at radius 1 is 1.25 bits per heavy atom. The monoisotopic (exact) mass is 275 g/mol. The van der Waals surface area contributed by atoms with Crippen molar-refractivity contribution in [2.45, 2.75) is 18.9 Å². The Bertz CT molecular complexity index is 529. The molecule has 1 amide bonds. The highest BCUT2D eigenvalue weighted by Crippen LogP contribution is 2.22. The molecule has 2 saturated heterocycles. The van der Waals surface area contributed by atoms with Gasteiger partial charge in [-0.1, -0.05) is 0 Å². The summed E-state index contributed by atoms with van der Waals surface area (Å²) in [5.41, 5.74) is 0.420. The minimum absolute atomic E-state index is 0.0992. The molecule has 2 aliphatic rings. The first-order valence-corrected chi connectivity index (χ1v) is 6.88. The van der Waals surface area contributed by atoms with Crippen molar-refractivity contribution in [2.24, 2.45) is 0 Å². The van der Waals surface area contributed by atoms with E-state index >= 15 is 0 Å². The summed E-state index contributed by atoms with van der Waals surface area (Å²) in [7, 11) is 0. The summed E-state index contributed by atoms with van der Waals surface area (Å²) < 4.78 is 0. The number of aromatic carboxylic acids is 1. The van der Waals surface area contributed by atoms with E-state index in [0.29, 0.717) is 11.7 Å². The smallest absolute Gasteiger partial charge is 0.337 e. The number of amides is 1. The first-order valence-electron chi connectivity index (χ1n) is 6.88. The lowest BCUT2D eigenvalue weighted by Crippen LogP contribution is -2.52. The zero-order valence-electron chi connectivity index (χ0n) is 11.2. The van der Waals surface area contributed by atoms with Crippen molar-refractivity contribution in [3.8, 4) is 0 Å². The molecule has 1 unspecified atom stereocenters. The highest BCUT2D eigenvalue weighted by atomic mass is 16.4. The van der Waals surface area contributed by atoms with Crippen LogP contribution in [0, 0.1) is 0 Å². The molecule has 106 valence electrons. The Labute approximate surface area is 117 Å². The van der Waals surface area contributed by atoms with Gasteiger partial charge in [0.25, 0.3) is 5.91 Å². The van der Waals surface area contributed by atoms with Crippen molar-refractivity contribution < 1.29 is 14.7 Å². The quantitative estimate of drug-likeness (QED) is 0.860. The molecule has 1 N–H and O–H groups in total. The van der Waals surface area contributed by atoms with E-state index in [1.54, 1.807) is 0 Å². The first-order chi connectivity index (χ1) is 9.65. The minimum atomic E-state index is -1.03. The predicted octanol–water partition coefficient (Wildman–Crippen LogP) is 0.700. The van der Waals surface area contributed by atoms with Gasteiger partial charge in [0.05, 0.1) is 5.56 Å². The lowest BCUT2D eigenvalue weighted by Gasteiger charge is -2.37. The van der Waals surface area contributed by atoms with E-state index in [0.717, 1.165) is 32.6 Å². The molecule has 6 nitrogen and oxygen atoms in total. The highest BCUT2D eigenvalue weighted by Gasteiger charge is 2.33. The number of rotatable bonds is 2. The normalized spacial score (nSPS) is 22.6. The van der Waals surface area contributed by atoms with Crippen LogP contribution in [0.15, 0.2) is 18.3 Å². The number of aromatic nitrogens is 1. The summed E-state index contributed by atoms with van der Waals surface area (Å²) in [6, 6.07) is 3.40. The Kier molecular flexibility index (Phi) is 3.40. The Morgan fingerprint density at radius 2 is 2.10 bits per heavy atom. The number of hydrogen-bond acceptors (Lipinski definition) is 4. The van der Waals surface area contributed by atoms with Crippen LogP contribution in [0.25, 0.3) is 0 Å². The zero-order chi connectivity index (χ0) is 14.1. The van der Waals surface area contributed by atoms with Gasteiger partial charge in [-0.15, -0.1) is 0 Å². The predicted molar refractivity (Wildman–Crippen MR) is 71.7 cm³/mol. The Hall–Kier alpha value is -1.95. The lowest BCUT2D eigenvalue weighted by atomic mass is 10.1. The maximum atomic E-state index is 12.4. The summed E-state index contributed by atoms with van der Waals surface area (Å²) in [4.78, 5) is 31.4. The van der Waals surface area contributed by atoms with Gasteiger partial charge >= 0.3 is 5.97 Å². The number of carbonyl (C=O) groups excluding carboxylic acids is 1. The van der Waals surface area contributed by atoms with Crippen molar-refractivity contribution in [1.29, 1.82) is 0 Å². The van der Waals surface area contributed by atoms with Gasteiger partial charge in [-0.3, -0.25) is 14.7 Å². The van der Waals surface area contributed by atoms with Crippen LogP contribution in [-0.4, -0.2) is 64.0 Å². The van der Waals surface area contributed by atoms with Crippen LogP contribution in [0.4, 0.5) is 0 Å². The number of carboxylic acid groups (broad SMARTS) is 1. The van der Waals surface area contributed by atoms with Crippen molar-refractivity contribution in [3.63, 3.8) is 0 Å². The van der Waals surface area contributed by atoms with Crippen molar-refractivity contribution >= 4 is 11.9 Å². The van der Waals surface area contributed by atoms with Crippen molar-refractivity contribution in [3.05, 3.63) is 29.6 Å². The second-order valence-electron chi connectivity index (χ2n) is 5.32. The Balaban J connectivity index is 1.70. The summed E-state index contributed by atoms with van der Waals surface area (Å²) in [5.74, 6) is -1.13. The standard InChI is InChI=1S/C14H17N3O3/c18-13(12-4-3-10(8-15-12)14(19)20)17-7-6-16-5-1-2-11(16)9-17/h3-4,8,11H,1-2,5-7,9H2,(H,19,20). The van der Waals surface area contributed by atoms with E-state index in [2.05, 4.69) is 9.88 Å². The third-order valence-corrected chi connectivity index (χ3v) is 4.10. The molecule has 0 saturated carbocycles. The van der Waals surface area contributed by atoms with Gasteiger partial charge in [0.1, 0.15) is 5.69 Å². The number of carboxylic acids is 1. The van der Waals surface area contributed by atoms with Crippen molar-refractivity contribution in [1.82, 2.24) is 14.8 Å². The molecule has 1 atom stereocenters. The molecule has 3 heterocycles. The average Bonchev–Trinajstić information content (AvgIpc) is 2.94. The molecular formula is C14H17N3O3. The molecular weight excluding hydrogens is 258 g/mol. The average molecular weight is 275 g/mol. The number of pyridine rings is 1. The molecule has 0 spiro atoms. The van der Waals surface area contributed by atoms with E-state index in [-0.39, 0.29) is 11.5 Å². The van der Waals surface area contributed by atoms with Crippen LogP contribution in [-0.2, 0) is 0 Å². The summed E-state index contributed by atoms with van der Waals surface area (Å²) in [6.45, 7) is 3.53. The van der Waals surface area contributed by atoms with Gasteiger partial charge in [0, 0.05) is 31.9 Å². The maximum Gasteiger partial charge on any atom is 0.337 e. The molecule has 2 aliphatic heterocycles. The largest absolute Gasteiger partial charge is 0.478 e. The lowest BCUT2D eigenvalue weighted by molar-refractivity contribution is 0.0564. The van der Waals surface area contributed by atoms with Crippen LogP contribution >= 0.6 is 0 Å². The molecule has 0 radical (unpaired) electrons. The molecule has 0 aliphatic carbocycles. The number of nitrogens with zero attached hydrogens (tertiary/aromatic N) is 3. The number of carbonyl (C=O) groups is 2. The van der Waals surface area contributed by atoms with Crippen LogP contribution in [0.5, 0.6) is 0 Å². The molecule has 1 aromatic heterocycles. The SMILES string of the molecule is O=C(O)c1ccc(C(=O)N2CCN3CCCC3C2)nc1. The van der Waals surface area contributed by atoms with Gasteiger partial charge in [-0.25, -0.2) is 4.79 Å². The number of fused-ring (bicyclic) bond motifs is 1. The fourth-order valence-corrected chi connectivity index (χ4v) is 2.98. The molecule has 0 bridgehead atoms. The Morgan fingerprint density at radius 3 is 2.80 bits per heavy atom.